The number of nitrogens with one attached hydrogen (secondary N) is 1. The minimum absolute atomic E-state index is 0.0884. The van der Waals surface area contributed by atoms with E-state index in [0.29, 0.717) is 32.0 Å². The summed E-state index contributed by atoms with van der Waals surface area (Å²) in [5.41, 5.74) is 1.39. The molecule has 3 heterocycles. The van der Waals surface area contributed by atoms with Gasteiger partial charge in [0.1, 0.15) is 19.3 Å². The number of H-pyrrole nitrogens is 1. The van der Waals surface area contributed by atoms with E-state index in [4.69, 9.17) is 0 Å². The van der Waals surface area contributed by atoms with Crippen molar-refractivity contribution in [2.24, 2.45) is 0 Å². The van der Waals surface area contributed by atoms with Gasteiger partial charge in [-0.15, -0.1) is 11.3 Å². The number of hydrogen-bond acceptors (Lipinski definition) is 3. The predicted molar refractivity (Wildman–Crippen MR) is 97.1 cm³/mol. The Morgan fingerprint density at radius 1 is 1.07 bits per heavy atom. The Morgan fingerprint density at radius 3 is 2.48 bits per heavy atom. The van der Waals surface area contributed by atoms with E-state index in [-0.39, 0.29) is 5.91 Å². The highest BCUT2D eigenvalue weighted by atomic mass is 32.1. The molecule has 144 valence electrons. The van der Waals surface area contributed by atoms with E-state index in [0.717, 1.165) is 37.1 Å². The third-order valence-electron chi connectivity index (χ3n) is 5.32. The van der Waals surface area contributed by atoms with Gasteiger partial charge in [-0.25, -0.2) is 4.98 Å². The summed E-state index contributed by atoms with van der Waals surface area (Å²) in [6.45, 7) is 2.33. The third-order valence-corrected chi connectivity index (χ3v) is 6.41. The van der Waals surface area contributed by atoms with Crippen molar-refractivity contribution < 1.29 is 22.9 Å². The van der Waals surface area contributed by atoms with E-state index in [1.54, 1.807) is 11.3 Å². The zero-order valence-corrected chi connectivity index (χ0v) is 15.6. The summed E-state index contributed by atoms with van der Waals surface area (Å²) >= 11 is 1.69. The van der Waals surface area contributed by atoms with Crippen LogP contribution in [-0.4, -0.2) is 37.0 Å². The largest absolute Gasteiger partial charge is 0.419 e. The lowest BCUT2D eigenvalue weighted by atomic mass is 9.95. The Balaban J connectivity index is 1.40. The SMILES string of the molecule is O=C(c1csc2c1CCCC2)N1CCN(c2ccc(C(F)(F)F)c[nH+]2)CC1. The van der Waals surface area contributed by atoms with Crippen LogP contribution in [0.2, 0.25) is 0 Å². The van der Waals surface area contributed by atoms with Crippen molar-refractivity contribution in [1.82, 2.24) is 4.90 Å². The maximum atomic E-state index is 12.9. The number of nitrogens with zero attached hydrogens (tertiary/aromatic N) is 2. The Hall–Kier alpha value is -2.09. The molecule has 4 rings (SSSR count). The standard InChI is InChI=1S/C19H20F3N3OS/c20-19(21,22)13-5-6-17(23-11-13)24-7-9-25(10-8-24)18(26)15-12-27-16-4-2-1-3-14(15)16/h5-6,11-12H,1-4,7-10H2/p+1. The average molecular weight is 396 g/mol. The normalized spacial score (nSPS) is 17.7. The number of carbonyl (C=O) groups excluding carboxylic acids is 1. The van der Waals surface area contributed by atoms with Gasteiger partial charge in [0, 0.05) is 16.3 Å². The smallest absolute Gasteiger partial charge is 0.331 e. The maximum Gasteiger partial charge on any atom is 0.419 e. The van der Waals surface area contributed by atoms with Crippen molar-refractivity contribution in [3.8, 4) is 0 Å². The van der Waals surface area contributed by atoms with Gasteiger partial charge in [-0.05, 0) is 37.3 Å². The van der Waals surface area contributed by atoms with Gasteiger partial charge in [-0.2, -0.15) is 13.2 Å². The second kappa shape index (κ2) is 7.14. The molecular formula is C19H21F3N3OS+. The van der Waals surface area contributed by atoms with Crippen LogP contribution in [0.25, 0.3) is 0 Å². The third kappa shape index (κ3) is 3.67. The van der Waals surface area contributed by atoms with Crippen LogP contribution >= 0.6 is 11.3 Å². The van der Waals surface area contributed by atoms with E-state index in [1.807, 2.05) is 15.2 Å². The second-order valence-corrected chi connectivity index (χ2v) is 7.96. The number of rotatable bonds is 2. The van der Waals surface area contributed by atoms with Gasteiger partial charge < -0.3 is 4.90 Å². The number of piperazine rings is 1. The van der Waals surface area contributed by atoms with E-state index >= 15 is 0 Å². The fourth-order valence-electron chi connectivity index (χ4n) is 3.78. The maximum absolute atomic E-state index is 12.9. The zero-order valence-electron chi connectivity index (χ0n) is 14.8. The minimum Gasteiger partial charge on any atom is -0.331 e. The minimum atomic E-state index is -4.35. The van der Waals surface area contributed by atoms with Crippen molar-refractivity contribution in [2.75, 3.05) is 31.1 Å². The molecule has 1 fully saturated rings. The van der Waals surface area contributed by atoms with Crippen LogP contribution < -0.4 is 9.88 Å². The molecule has 1 aliphatic carbocycles. The van der Waals surface area contributed by atoms with Gasteiger partial charge in [0.25, 0.3) is 11.7 Å². The molecular weight excluding hydrogens is 375 g/mol. The first-order valence-corrected chi connectivity index (χ1v) is 10.0. The summed E-state index contributed by atoms with van der Waals surface area (Å²) in [5, 5.41) is 1.99. The Bertz CT molecular complexity index is 824. The number of alkyl halides is 3. The number of thiophene rings is 1. The highest BCUT2D eigenvalue weighted by molar-refractivity contribution is 7.10. The zero-order chi connectivity index (χ0) is 19.0. The van der Waals surface area contributed by atoms with Gasteiger partial charge >= 0.3 is 6.18 Å². The first-order chi connectivity index (χ1) is 12.9. The van der Waals surface area contributed by atoms with Gasteiger partial charge in [-0.1, -0.05) is 0 Å². The van der Waals surface area contributed by atoms with Gasteiger partial charge in [-0.3, -0.25) is 9.69 Å². The highest BCUT2D eigenvalue weighted by Gasteiger charge is 2.33. The molecule has 0 aromatic carbocycles. The molecule has 0 bridgehead atoms. The summed E-state index contributed by atoms with van der Waals surface area (Å²) in [6.07, 6.45) is 1.04. The summed E-state index contributed by atoms with van der Waals surface area (Å²) in [6, 6.07) is 2.54. The number of hydrogen-bond donors (Lipinski definition) is 0. The molecule has 1 N–H and O–H groups in total. The average Bonchev–Trinajstić information content (AvgIpc) is 3.11. The molecule has 0 radical (unpaired) electrons. The topological polar surface area (TPSA) is 37.7 Å². The monoisotopic (exact) mass is 396 g/mol. The van der Waals surface area contributed by atoms with E-state index in [9.17, 15) is 18.0 Å². The Kier molecular flexibility index (Phi) is 4.84. The quantitative estimate of drug-likeness (QED) is 0.780. The second-order valence-electron chi connectivity index (χ2n) is 7.00. The number of aryl methyl sites for hydroxylation is 1. The molecule has 0 spiro atoms. The molecule has 0 unspecified atom stereocenters. The fourth-order valence-corrected chi connectivity index (χ4v) is 4.90. The Morgan fingerprint density at radius 2 is 1.81 bits per heavy atom. The molecule has 0 atom stereocenters. The number of aromatic amines is 1. The Labute approximate surface area is 159 Å². The highest BCUT2D eigenvalue weighted by Crippen LogP contribution is 2.31. The van der Waals surface area contributed by atoms with Crippen LogP contribution in [0.1, 0.15) is 39.2 Å². The fraction of sp³-hybridized carbons (Fsp3) is 0.474. The van der Waals surface area contributed by atoms with Crippen LogP contribution in [0.5, 0.6) is 0 Å². The molecule has 27 heavy (non-hydrogen) atoms. The van der Waals surface area contributed by atoms with Gasteiger partial charge in [0.2, 0.25) is 0 Å². The molecule has 2 aromatic heterocycles. The van der Waals surface area contributed by atoms with Crippen molar-refractivity contribution >= 4 is 23.1 Å². The number of halogens is 3. The lowest BCUT2D eigenvalue weighted by Gasteiger charge is -2.31. The van der Waals surface area contributed by atoms with Crippen LogP contribution in [0.4, 0.5) is 19.0 Å². The van der Waals surface area contributed by atoms with Gasteiger partial charge in [0.15, 0.2) is 0 Å². The molecule has 2 aliphatic rings. The summed E-state index contributed by atoms with van der Waals surface area (Å²) in [7, 11) is 0. The van der Waals surface area contributed by atoms with Gasteiger partial charge in [0.05, 0.1) is 24.2 Å². The number of fused-ring (bicyclic) bond motifs is 1. The van der Waals surface area contributed by atoms with Crippen LogP contribution in [0.15, 0.2) is 23.7 Å². The summed E-state index contributed by atoms with van der Waals surface area (Å²) in [4.78, 5) is 20.8. The molecule has 1 amide bonds. The van der Waals surface area contributed by atoms with Crippen LogP contribution in [0.3, 0.4) is 0 Å². The molecule has 2 aromatic rings. The van der Waals surface area contributed by atoms with E-state index in [2.05, 4.69) is 4.98 Å². The number of carbonyl (C=O) groups is 1. The number of pyridine rings is 1. The summed E-state index contributed by atoms with van der Waals surface area (Å²) < 4.78 is 38.0. The van der Waals surface area contributed by atoms with Crippen molar-refractivity contribution in [3.05, 3.63) is 45.3 Å². The molecule has 8 heteroatoms. The molecule has 0 saturated carbocycles. The number of anilines is 1. The first kappa shape index (κ1) is 18.3. The van der Waals surface area contributed by atoms with E-state index in [1.165, 1.54) is 22.9 Å². The lowest BCUT2D eigenvalue weighted by Crippen LogP contribution is -2.50. The number of aromatic nitrogens is 1. The predicted octanol–water partition coefficient (Wildman–Crippen LogP) is 3.42. The van der Waals surface area contributed by atoms with Crippen molar-refractivity contribution in [1.29, 1.82) is 0 Å². The van der Waals surface area contributed by atoms with E-state index < -0.39 is 11.7 Å². The molecule has 1 saturated heterocycles. The van der Waals surface area contributed by atoms with Crippen LogP contribution in [0, 0.1) is 0 Å². The molecule has 4 nitrogen and oxygen atoms in total. The summed E-state index contributed by atoms with van der Waals surface area (Å²) in [5.74, 6) is 0.730. The molecule has 1 aliphatic heterocycles. The van der Waals surface area contributed by atoms with Crippen LogP contribution in [-0.2, 0) is 19.0 Å². The first-order valence-electron chi connectivity index (χ1n) is 9.16. The number of amides is 1. The van der Waals surface area contributed by atoms with Crippen molar-refractivity contribution in [2.45, 2.75) is 31.9 Å². The lowest BCUT2D eigenvalue weighted by molar-refractivity contribution is -0.367. The van der Waals surface area contributed by atoms with Crippen molar-refractivity contribution in [3.63, 3.8) is 0 Å².